The molecule has 140 valence electrons. The highest BCUT2D eigenvalue weighted by Crippen LogP contribution is 2.29. The molecule has 0 bridgehead atoms. The Bertz CT molecular complexity index is 906. The van der Waals surface area contributed by atoms with Crippen molar-refractivity contribution < 1.29 is 14.6 Å². The maximum absolute atomic E-state index is 11.5. The summed E-state index contributed by atoms with van der Waals surface area (Å²) in [6.45, 7) is 4.71. The average Bonchev–Trinajstić information content (AvgIpc) is 2.67. The van der Waals surface area contributed by atoms with Crippen molar-refractivity contribution >= 4 is 16.7 Å². The molecule has 0 aliphatic carbocycles. The Kier molecular flexibility index (Phi) is 6.09. The number of hydrogen-bond donors (Lipinski definition) is 2. The van der Waals surface area contributed by atoms with Crippen molar-refractivity contribution in [2.45, 2.75) is 33.0 Å². The van der Waals surface area contributed by atoms with Crippen LogP contribution in [0.5, 0.6) is 5.75 Å². The van der Waals surface area contributed by atoms with Crippen LogP contribution in [0.15, 0.2) is 66.7 Å². The van der Waals surface area contributed by atoms with Gasteiger partial charge < -0.3 is 9.84 Å². The molecule has 0 saturated heterocycles. The first kappa shape index (κ1) is 18.9. The molecule has 0 fully saturated rings. The van der Waals surface area contributed by atoms with E-state index in [1.807, 2.05) is 74.5 Å². The maximum atomic E-state index is 11.5. The fraction of sp³-hybridized carbons (Fsp3) is 0.261. The SMILES string of the molecule is CC(C)C(NCc1c(OCc2ccccc2)ccc2ccccc12)C(=O)O. The lowest BCUT2D eigenvalue weighted by molar-refractivity contribution is -0.140. The van der Waals surface area contributed by atoms with Gasteiger partial charge in [0.25, 0.3) is 0 Å². The molecule has 3 aromatic rings. The van der Waals surface area contributed by atoms with Crippen molar-refractivity contribution in [3.63, 3.8) is 0 Å². The van der Waals surface area contributed by atoms with Crippen molar-refractivity contribution in [1.82, 2.24) is 5.32 Å². The Labute approximate surface area is 159 Å². The van der Waals surface area contributed by atoms with E-state index >= 15 is 0 Å². The molecule has 0 amide bonds. The molecular formula is C23H25NO3. The molecule has 4 heteroatoms. The monoisotopic (exact) mass is 363 g/mol. The van der Waals surface area contributed by atoms with E-state index in [4.69, 9.17) is 4.74 Å². The van der Waals surface area contributed by atoms with Crippen molar-refractivity contribution in [3.8, 4) is 5.75 Å². The summed E-state index contributed by atoms with van der Waals surface area (Å²) in [6.07, 6.45) is 0. The molecule has 3 rings (SSSR count). The Morgan fingerprint density at radius 3 is 2.41 bits per heavy atom. The van der Waals surface area contributed by atoms with E-state index in [0.717, 1.165) is 27.6 Å². The first-order valence-corrected chi connectivity index (χ1v) is 9.20. The van der Waals surface area contributed by atoms with Crippen LogP contribution in [0.25, 0.3) is 10.8 Å². The molecule has 0 spiro atoms. The Morgan fingerprint density at radius 1 is 1.00 bits per heavy atom. The summed E-state index contributed by atoms with van der Waals surface area (Å²) in [6, 6.07) is 21.5. The molecule has 0 aliphatic rings. The van der Waals surface area contributed by atoms with Crippen LogP contribution in [0.4, 0.5) is 0 Å². The van der Waals surface area contributed by atoms with Crippen LogP contribution < -0.4 is 10.1 Å². The normalized spacial score (nSPS) is 12.3. The van der Waals surface area contributed by atoms with Gasteiger partial charge in [-0.3, -0.25) is 10.1 Å². The zero-order valence-electron chi connectivity index (χ0n) is 15.7. The summed E-state index contributed by atoms with van der Waals surface area (Å²) in [5.41, 5.74) is 2.08. The molecule has 0 radical (unpaired) electrons. The standard InChI is InChI=1S/C23H25NO3/c1-16(2)22(23(25)26)24-14-20-19-11-7-6-10-18(19)12-13-21(20)27-15-17-8-4-3-5-9-17/h3-13,16,22,24H,14-15H2,1-2H3,(H,25,26). The minimum absolute atomic E-state index is 0.00818. The molecule has 1 unspecified atom stereocenters. The summed E-state index contributed by atoms with van der Waals surface area (Å²) in [4.78, 5) is 11.5. The molecule has 0 saturated carbocycles. The number of carboxylic acid groups (broad SMARTS) is 1. The number of ether oxygens (including phenoxy) is 1. The largest absolute Gasteiger partial charge is 0.489 e. The highest BCUT2D eigenvalue weighted by Gasteiger charge is 2.21. The van der Waals surface area contributed by atoms with Crippen molar-refractivity contribution in [2.75, 3.05) is 0 Å². The van der Waals surface area contributed by atoms with Crippen LogP contribution in [-0.4, -0.2) is 17.1 Å². The second kappa shape index (κ2) is 8.69. The number of carbonyl (C=O) groups is 1. The molecule has 4 nitrogen and oxygen atoms in total. The zero-order chi connectivity index (χ0) is 19.2. The number of benzene rings is 3. The quantitative estimate of drug-likeness (QED) is 0.613. The predicted molar refractivity (Wildman–Crippen MR) is 108 cm³/mol. The molecule has 1 atom stereocenters. The Balaban J connectivity index is 1.88. The maximum Gasteiger partial charge on any atom is 0.320 e. The molecule has 0 aliphatic heterocycles. The van der Waals surface area contributed by atoms with Gasteiger partial charge in [-0.05, 0) is 28.3 Å². The number of aliphatic carboxylic acids is 1. The fourth-order valence-electron chi connectivity index (χ4n) is 3.19. The molecule has 0 heterocycles. The minimum atomic E-state index is -0.836. The molecular weight excluding hydrogens is 338 g/mol. The molecule has 27 heavy (non-hydrogen) atoms. The van der Waals surface area contributed by atoms with Crippen LogP contribution in [0.3, 0.4) is 0 Å². The Morgan fingerprint density at radius 2 is 1.70 bits per heavy atom. The summed E-state index contributed by atoms with van der Waals surface area (Å²) >= 11 is 0. The summed E-state index contributed by atoms with van der Waals surface area (Å²) in [5, 5.41) is 14.8. The second-order valence-electron chi connectivity index (χ2n) is 6.98. The number of fused-ring (bicyclic) bond motifs is 1. The van der Waals surface area contributed by atoms with Crippen LogP contribution in [0, 0.1) is 5.92 Å². The van der Waals surface area contributed by atoms with E-state index in [2.05, 4.69) is 11.4 Å². The van der Waals surface area contributed by atoms with Crippen LogP contribution in [0.2, 0.25) is 0 Å². The average molecular weight is 363 g/mol. The Hall–Kier alpha value is -2.85. The van der Waals surface area contributed by atoms with Crippen LogP contribution in [0.1, 0.15) is 25.0 Å². The van der Waals surface area contributed by atoms with Crippen LogP contribution in [-0.2, 0) is 17.9 Å². The number of rotatable bonds is 8. The van der Waals surface area contributed by atoms with Crippen molar-refractivity contribution in [1.29, 1.82) is 0 Å². The second-order valence-corrected chi connectivity index (χ2v) is 6.98. The third-order valence-electron chi connectivity index (χ3n) is 4.67. The lowest BCUT2D eigenvalue weighted by Crippen LogP contribution is -2.40. The van der Waals surface area contributed by atoms with E-state index < -0.39 is 12.0 Å². The third-order valence-corrected chi connectivity index (χ3v) is 4.67. The van der Waals surface area contributed by atoms with Gasteiger partial charge in [0.1, 0.15) is 18.4 Å². The van der Waals surface area contributed by atoms with Gasteiger partial charge in [0, 0.05) is 12.1 Å². The van der Waals surface area contributed by atoms with Gasteiger partial charge in [-0.1, -0.05) is 74.5 Å². The number of carboxylic acids is 1. The summed E-state index contributed by atoms with van der Waals surface area (Å²) in [7, 11) is 0. The lowest BCUT2D eigenvalue weighted by Gasteiger charge is -2.20. The van der Waals surface area contributed by atoms with Crippen LogP contribution >= 0.6 is 0 Å². The van der Waals surface area contributed by atoms with E-state index in [0.29, 0.717) is 13.2 Å². The number of nitrogens with one attached hydrogen (secondary N) is 1. The van der Waals surface area contributed by atoms with Gasteiger partial charge >= 0.3 is 5.97 Å². The lowest BCUT2D eigenvalue weighted by atomic mass is 10.0. The summed E-state index contributed by atoms with van der Waals surface area (Å²) < 4.78 is 6.10. The highest BCUT2D eigenvalue weighted by atomic mass is 16.5. The topological polar surface area (TPSA) is 58.6 Å². The van der Waals surface area contributed by atoms with Crippen molar-refractivity contribution in [3.05, 3.63) is 77.9 Å². The van der Waals surface area contributed by atoms with Gasteiger partial charge in [0.2, 0.25) is 0 Å². The minimum Gasteiger partial charge on any atom is -0.489 e. The smallest absolute Gasteiger partial charge is 0.320 e. The fourth-order valence-corrected chi connectivity index (χ4v) is 3.19. The van der Waals surface area contributed by atoms with E-state index in [1.165, 1.54) is 0 Å². The summed E-state index contributed by atoms with van der Waals surface area (Å²) in [5.74, 6) is -0.0684. The van der Waals surface area contributed by atoms with Gasteiger partial charge in [0.15, 0.2) is 0 Å². The van der Waals surface area contributed by atoms with E-state index in [-0.39, 0.29) is 5.92 Å². The van der Waals surface area contributed by atoms with Gasteiger partial charge in [0.05, 0.1) is 0 Å². The van der Waals surface area contributed by atoms with E-state index in [9.17, 15) is 9.90 Å². The first-order valence-electron chi connectivity index (χ1n) is 9.20. The van der Waals surface area contributed by atoms with Gasteiger partial charge in [-0.2, -0.15) is 0 Å². The predicted octanol–water partition coefficient (Wildman–Crippen LogP) is 4.62. The number of hydrogen-bond acceptors (Lipinski definition) is 3. The molecule has 3 aromatic carbocycles. The van der Waals surface area contributed by atoms with Crippen molar-refractivity contribution in [2.24, 2.45) is 5.92 Å². The zero-order valence-corrected chi connectivity index (χ0v) is 15.7. The molecule has 0 aromatic heterocycles. The third kappa shape index (κ3) is 4.66. The first-order chi connectivity index (χ1) is 13.1. The highest BCUT2D eigenvalue weighted by molar-refractivity contribution is 5.87. The molecule has 2 N–H and O–H groups in total. The van der Waals surface area contributed by atoms with Gasteiger partial charge in [-0.15, -0.1) is 0 Å². The van der Waals surface area contributed by atoms with E-state index in [1.54, 1.807) is 0 Å². The van der Waals surface area contributed by atoms with Gasteiger partial charge in [-0.25, -0.2) is 0 Å².